The molecule has 0 amide bonds. The quantitative estimate of drug-likeness (QED) is 0.789. The summed E-state index contributed by atoms with van der Waals surface area (Å²) >= 11 is 0. The summed E-state index contributed by atoms with van der Waals surface area (Å²) in [4.78, 5) is 0. The van der Waals surface area contributed by atoms with E-state index in [1.54, 1.807) is 4.31 Å². The third-order valence-electron chi connectivity index (χ3n) is 3.12. The topological polar surface area (TPSA) is 37.4 Å². The van der Waals surface area contributed by atoms with E-state index in [1.807, 2.05) is 18.2 Å². The summed E-state index contributed by atoms with van der Waals surface area (Å²) in [5.41, 5.74) is 1.25. The van der Waals surface area contributed by atoms with Crippen molar-refractivity contribution in [2.24, 2.45) is 0 Å². The molecule has 1 aromatic carbocycles. The van der Waals surface area contributed by atoms with E-state index in [2.05, 4.69) is 12.1 Å². The first-order valence-electron chi connectivity index (χ1n) is 5.57. The highest BCUT2D eigenvalue weighted by molar-refractivity contribution is 7.88. The van der Waals surface area contributed by atoms with E-state index in [9.17, 15) is 8.42 Å². The van der Waals surface area contributed by atoms with Gasteiger partial charge in [0.05, 0.1) is 6.26 Å². The molecule has 1 fully saturated rings. The van der Waals surface area contributed by atoms with Crippen molar-refractivity contribution < 1.29 is 8.42 Å². The second kappa shape index (κ2) is 4.55. The number of nitrogens with zero attached hydrogens (tertiary/aromatic N) is 1. The van der Waals surface area contributed by atoms with Gasteiger partial charge in [-0.25, -0.2) is 12.7 Å². The van der Waals surface area contributed by atoms with Crippen LogP contribution in [0.25, 0.3) is 0 Å². The van der Waals surface area contributed by atoms with E-state index < -0.39 is 10.0 Å². The molecule has 88 valence electrons. The Labute approximate surface area is 97.1 Å². The second-order valence-electron chi connectivity index (χ2n) is 4.37. The summed E-state index contributed by atoms with van der Waals surface area (Å²) in [5, 5.41) is 0. The molecule has 1 unspecified atom stereocenters. The Kier molecular flexibility index (Phi) is 3.30. The van der Waals surface area contributed by atoms with Crippen molar-refractivity contribution in [3.8, 4) is 0 Å². The predicted octanol–water partition coefficient (Wildman–Crippen LogP) is 1.83. The van der Waals surface area contributed by atoms with E-state index in [-0.39, 0.29) is 0 Å². The molecule has 4 heteroatoms. The second-order valence-corrected chi connectivity index (χ2v) is 6.35. The van der Waals surface area contributed by atoms with Crippen LogP contribution in [0.15, 0.2) is 30.3 Å². The van der Waals surface area contributed by atoms with Crippen LogP contribution in [0.1, 0.15) is 24.3 Å². The minimum Gasteiger partial charge on any atom is -0.213 e. The molecule has 0 radical (unpaired) electrons. The Bertz CT molecular complexity index is 441. The van der Waals surface area contributed by atoms with E-state index >= 15 is 0 Å². The van der Waals surface area contributed by atoms with Crippen molar-refractivity contribution in [3.05, 3.63) is 35.9 Å². The summed E-state index contributed by atoms with van der Waals surface area (Å²) in [5.74, 6) is 0.352. The fourth-order valence-corrected chi connectivity index (χ4v) is 3.15. The molecule has 1 aromatic rings. The Balaban J connectivity index is 2.14. The Hall–Kier alpha value is -0.870. The third kappa shape index (κ3) is 2.62. The van der Waals surface area contributed by atoms with Crippen LogP contribution in [-0.2, 0) is 10.0 Å². The number of sulfonamides is 1. The van der Waals surface area contributed by atoms with Crippen LogP contribution in [0.2, 0.25) is 0 Å². The molecule has 1 aliphatic rings. The van der Waals surface area contributed by atoms with Gasteiger partial charge in [0.15, 0.2) is 0 Å². The maximum absolute atomic E-state index is 11.5. The molecule has 0 N–H and O–H groups in total. The molecule has 0 bridgehead atoms. The van der Waals surface area contributed by atoms with Gasteiger partial charge < -0.3 is 0 Å². The number of hydrogen-bond acceptors (Lipinski definition) is 2. The van der Waals surface area contributed by atoms with Gasteiger partial charge >= 0.3 is 0 Å². The molecule has 0 aliphatic carbocycles. The Morgan fingerprint density at radius 3 is 2.56 bits per heavy atom. The smallest absolute Gasteiger partial charge is 0.211 e. The van der Waals surface area contributed by atoms with Crippen LogP contribution >= 0.6 is 0 Å². The molecule has 1 saturated heterocycles. The normalized spacial score (nSPS) is 23.2. The van der Waals surface area contributed by atoms with Crippen LogP contribution in [0.5, 0.6) is 0 Å². The predicted molar refractivity (Wildman–Crippen MR) is 64.8 cm³/mol. The SMILES string of the molecule is CS(=O)(=O)N1CCCC(c2ccccc2)C1. The van der Waals surface area contributed by atoms with Gasteiger partial charge in [0.2, 0.25) is 10.0 Å². The van der Waals surface area contributed by atoms with Crippen LogP contribution in [0, 0.1) is 0 Å². The van der Waals surface area contributed by atoms with Crippen LogP contribution < -0.4 is 0 Å². The summed E-state index contributed by atoms with van der Waals surface area (Å²) in [7, 11) is -3.03. The van der Waals surface area contributed by atoms with Crippen molar-refractivity contribution in [1.29, 1.82) is 0 Å². The standard InChI is InChI=1S/C12H17NO2S/c1-16(14,15)13-9-5-8-12(10-13)11-6-3-2-4-7-11/h2-4,6-7,12H,5,8-10H2,1H3. The molecule has 3 nitrogen and oxygen atoms in total. The maximum Gasteiger partial charge on any atom is 0.211 e. The van der Waals surface area contributed by atoms with Crippen molar-refractivity contribution in [2.75, 3.05) is 19.3 Å². The molecular formula is C12H17NO2S. The number of piperidine rings is 1. The minimum absolute atomic E-state index is 0.352. The van der Waals surface area contributed by atoms with Gasteiger partial charge in [-0.15, -0.1) is 0 Å². The Morgan fingerprint density at radius 1 is 1.25 bits per heavy atom. The largest absolute Gasteiger partial charge is 0.213 e. The zero-order chi connectivity index (χ0) is 11.6. The summed E-state index contributed by atoms with van der Waals surface area (Å²) < 4.78 is 24.6. The average molecular weight is 239 g/mol. The summed E-state index contributed by atoms with van der Waals surface area (Å²) in [6.45, 7) is 1.30. The highest BCUT2D eigenvalue weighted by Gasteiger charge is 2.26. The third-order valence-corrected chi connectivity index (χ3v) is 4.39. The van der Waals surface area contributed by atoms with Gasteiger partial charge in [-0.05, 0) is 24.3 Å². The number of hydrogen-bond donors (Lipinski definition) is 0. The first kappa shape index (κ1) is 11.6. The van der Waals surface area contributed by atoms with Gasteiger partial charge in [0, 0.05) is 13.1 Å². The van der Waals surface area contributed by atoms with Crippen LogP contribution in [-0.4, -0.2) is 32.1 Å². The highest BCUT2D eigenvalue weighted by Crippen LogP contribution is 2.27. The van der Waals surface area contributed by atoms with E-state index in [0.717, 1.165) is 12.8 Å². The highest BCUT2D eigenvalue weighted by atomic mass is 32.2. The molecular weight excluding hydrogens is 222 g/mol. The van der Waals surface area contributed by atoms with Gasteiger partial charge in [-0.2, -0.15) is 0 Å². The fraction of sp³-hybridized carbons (Fsp3) is 0.500. The van der Waals surface area contributed by atoms with Crippen LogP contribution in [0.4, 0.5) is 0 Å². The lowest BCUT2D eigenvalue weighted by atomic mass is 9.92. The van der Waals surface area contributed by atoms with E-state index in [0.29, 0.717) is 19.0 Å². The lowest BCUT2D eigenvalue weighted by Gasteiger charge is -2.31. The lowest BCUT2D eigenvalue weighted by molar-refractivity contribution is 0.317. The summed E-state index contributed by atoms with van der Waals surface area (Å²) in [6, 6.07) is 10.2. The monoisotopic (exact) mass is 239 g/mol. The molecule has 1 heterocycles. The van der Waals surface area contributed by atoms with Crippen molar-refractivity contribution in [2.45, 2.75) is 18.8 Å². The van der Waals surface area contributed by atoms with Crippen molar-refractivity contribution >= 4 is 10.0 Å². The number of benzene rings is 1. The zero-order valence-corrected chi connectivity index (χ0v) is 10.3. The van der Waals surface area contributed by atoms with Gasteiger partial charge in [0.1, 0.15) is 0 Å². The van der Waals surface area contributed by atoms with Crippen molar-refractivity contribution in [1.82, 2.24) is 4.31 Å². The zero-order valence-electron chi connectivity index (χ0n) is 9.46. The molecule has 1 atom stereocenters. The van der Waals surface area contributed by atoms with Gasteiger partial charge in [-0.1, -0.05) is 30.3 Å². The maximum atomic E-state index is 11.5. The van der Waals surface area contributed by atoms with Gasteiger partial charge in [0.25, 0.3) is 0 Å². The Morgan fingerprint density at radius 2 is 1.94 bits per heavy atom. The number of rotatable bonds is 2. The van der Waals surface area contributed by atoms with Gasteiger partial charge in [-0.3, -0.25) is 0 Å². The first-order valence-corrected chi connectivity index (χ1v) is 7.42. The van der Waals surface area contributed by atoms with Crippen molar-refractivity contribution in [3.63, 3.8) is 0 Å². The molecule has 16 heavy (non-hydrogen) atoms. The fourth-order valence-electron chi connectivity index (χ4n) is 2.24. The van der Waals surface area contributed by atoms with E-state index in [1.165, 1.54) is 11.8 Å². The molecule has 0 spiro atoms. The van der Waals surface area contributed by atoms with Crippen LogP contribution in [0.3, 0.4) is 0 Å². The molecule has 1 aliphatic heterocycles. The lowest BCUT2D eigenvalue weighted by Crippen LogP contribution is -2.38. The minimum atomic E-state index is -3.03. The first-order chi connectivity index (χ1) is 7.57. The molecule has 2 rings (SSSR count). The average Bonchev–Trinajstić information content (AvgIpc) is 2.29. The molecule has 0 aromatic heterocycles. The molecule has 0 saturated carbocycles. The van der Waals surface area contributed by atoms with E-state index in [4.69, 9.17) is 0 Å². The summed E-state index contributed by atoms with van der Waals surface area (Å²) in [6.07, 6.45) is 3.32.